The zero-order chi connectivity index (χ0) is 12.5. The van der Waals surface area contributed by atoms with Crippen LogP contribution in [0.5, 0.6) is 0 Å². The van der Waals surface area contributed by atoms with Crippen LogP contribution in [-0.2, 0) is 0 Å². The van der Waals surface area contributed by atoms with Gasteiger partial charge in [0.25, 0.3) is 0 Å². The zero-order valence-electron chi connectivity index (χ0n) is 10.1. The average Bonchev–Trinajstić information content (AvgIpc) is 2.82. The van der Waals surface area contributed by atoms with Crippen LogP contribution in [-0.4, -0.2) is 0 Å². The number of nitrogens with two attached hydrogens (primary N) is 1. The maximum Gasteiger partial charge on any atom is 0.0434 e. The molecule has 0 saturated carbocycles. The first kappa shape index (κ1) is 11.1. The molecule has 0 unspecified atom stereocenters. The summed E-state index contributed by atoms with van der Waals surface area (Å²) < 4.78 is 1.31. The Morgan fingerprint density at radius 1 is 1.11 bits per heavy atom. The molecular weight excluding hydrogens is 240 g/mol. The Kier molecular flexibility index (Phi) is 2.68. The Morgan fingerprint density at radius 2 is 2.00 bits per heavy atom. The lowest BCUT2D eigenvalue weighted by Gasteiger charge is -2.11. The number of hydrogen-bond donors (Lipinski definition) is 2. The molecule has 0 fully saturated rings. The molecule has 18 heavy (non-hydrogen) atoms. The highest BCUT2D eigenvalue weighted by Crippen LogP contribution is 2.28. The van der Waals surface area contributed by atoms with Crippen LogP contribution in [0.15, 0.2) is 47.8 Å². The minimum Gasteiger partial charge on any atom is -0.398 e. The van der Waals surface area contributed by atoms with Crippen LogP contribution < -0.4 is 11.1 Å². The summed E-state index contributed by atoms with van der Waals surface area (Å²) in [6, 6.07) is 14.5. The van der Waals surface area contributed by atoms with Crippen LogP contribution >= 0.6 is 11.3 Å². The van der Waals surface area contributed by atoms with Crippen molar-refractivity contribution in [1.82, 2.24) is 0 Å². The van der Waals surface area contributed by atoms with Gasteiger partial charge in [-0.1, -0.05) is 6.07 Å². The van der Waals surface area contributed by atoms with Crippen molar-refractivity contribution in [3.05, 3.63) is 53.4 Å². The van der Waals surface area contributed by atoms with Crippen LogP contribution in [0.3, 0.4) is 0 Å². The van der Waals surface area contributed by atoms with E-state index in [2.05, 4.69) is 35.0 Å². The minimum absolute atomic E-state index is 0.816. The summed E-state index contributed by atoms with van der Waals surface area (Å²) in [5.41, 5.74) is 9.96. The van der Waals surface area contributed by atoms with E-state index in [9.17, 15) is 0 Å². The van der Waals surface area contributed by atoms with Gasteiger partial charge in [0.15, 0.2) is 0 Å². The predicted octanol–water partition coefficient (Wildman–Crippen LogP) is 4.54. The van der Waals surface area contributed by atoms with Crippen LogP contribution in [0.4, 0.5) is 17.1 Å². The monoisotopic (exact) mass is 254 g/mol. The first-order valence-corrected chi connectivity index (χ1v) is 6.71. The third kappa shape index (κ3) is 1.93. The second-order valence-corrected chi connectivity index (χ2v) is 5.27. The number of fused-ring (bicyclic) bond motifs is 1. The van der Waals surface area contributed by atoms with Gasteiger partial charge in [-0.15, -0.1) is 11.3 Å². The van der Waals surface area contributed by atoms with Crippen molar-refractivity contribution < 1.29 is 0 Å². The third-order valence-electron chi connectivity index (χ3n) is 3.11. The van der Waals surface area contributed by atoms with Gasteiger partial charge in [-0.3, -0.25) is 0 Å². The van der Waals surface area contributed by atoms with Gasteiger partial charge in [0.2, 0.25) is 0 Å². The second-order valence-electron chi connectivity index (χ2n) is 4.32. The van der Waals surface area contributed by atoms with E-state index in [4.69, 9.17) is 5.73 Å². The molecule has 2 nitrogen and oxygen atoms in total. The molecule has 2 aromatic carbocycles. The number of rotatable bonds is 2. The highest BCUT2D eigenvalue weighted by Gasteiger charge is 2.02. The fourth-order valence-corrected chi connectivity index (χ4v) is 2.76. The number of anilines is 3. The molecule has 0 radical (unpaired) electrons. The van der Waals surface area contributed by atoms with E-state index >= 15 is 0 Å². The lowest BCUT2D eigenvalue weighted by Crippen LogP contribution is -1.96. The third-order valence-corrected chi connectivity index (χ3v) is 4.00. The molecule has 0 aliphatic heterocycles. The highest BCUT2D eigenvalue weighted by molar-refractivity contribution is 7.17. The Labute approximate surface area is 110 Å². The Balaban J connectivity index is 1.98. The molecule has 0 bridgehead atoms. The van der Waals surface area contributed by atoms with E-state index in [-0.39, 0.29) is 0 Å². The van der Waals surface area contributed by atoms with E-state index in [0.29, 0.717) is 0 Å². The number of nitrogen functional groups attached to an aromatic ring is 1. The van der Waals surface area contributed by atoms with E-state index in [1.165, 1.54) is 10.1 Å². The molecule has 1 aromatic heterocycles. The fraction of sp³-hybridized carbons (Fsp3) is 0.0667. The number of hydrogen-bond acceptors (Lipinski definition) is 3. The molecule has 1 heterocycles. The molecule has 3 rings (SSSR count). The lowest BCUT2D eigenvalue weighted by molar-refractivity contribution is 1.44. The van der Waals surface area contributed by atoms with E-state index < -0.39 is 0 Å². The van der Waals surface area contributed by atoms with Crippen molar-refractivity contribution in [1.29, 1.82) is 0 Å². The fourth-order valence-electron chi connectivity index (χ4n) is 1.99. The zero-order valence-corrected chi connectivity index (χ0v) is 10.9. The largest absolute Gasteiger partial charge is 0.398 e. The van der Waals surface area contributed by atoms with Crippen LogP contribution in [0.1, 0.15) is 5.56 Å². The lowest BCUT2D eigenvalue weighted by atomic mass is 10.1. The summed E-state index contributed by atoms with van der Waals surface area (Å²) >= 11 is 1.76. The Hall–Kier alpha value is -2.00. The number of benzene rings is 2. The van der Waals surface area contributed by atoms with Gasteiger partial charge in [-0.25, -0.2) is 0 Å². The van der Waals surface area contributed by atoms with E-state index in [0.717, 1.165) is 22.6 Å². The SMILES string of the molecule is Cc1c(N)cccc1Nc1ccc2sccc2c1. The minimum atomic E-state index is 0.816. The molecule has 0 saturated heterocycles. The van der Waals surface area contributed by atoms with Gasteiger partial charge in [-0.05, 0) is 59.7 Å². The molecule has 0 atom stereocenters. The molecule has 90 valence electrons. The number of nitrogens with one attached hydrogen (secondary N) is 1. The Morgan fingerprint density at radius 3 is 2.89 bits per heavy atom. The molecule has 0 spiro atoms. The summed E-state index contributed by atoms with van der Waals surface area (Å²) in [5, 5.41) is 6.80. The standard InChI is InChI=1S/C15H14N2S/c1-10-13(16)3-2-4-14(10)17-12-5-6-15-11(9-12)7-8-18-15/h2-9,17H,16H2,1H3. The molecule has 0 aliphatic carbocycles. The van der Waals surface area contributed by atoms with Crippen LogP contribution in [0.2, 0.25) is 0 Å². The number of thiophene rings is 1. The summed E-state index contributed by atoms with van der Waals surface area (Å²) in [7, 11) is 0. The Bertz CT molecular complexity index is 701. The average molecular weight is 254 g/mol. The second kappa shape index (κ2) is 4.35. The van der Waals surface area contributed by atoms with Crippen molar-refractivity contribution >= 4 is 38.5 Å². The summed E-state index contributed by atoms with van der Waals surface area (Å²) in [6.45, 7) is 2.03. The molecule has 0 aliphatic rings. The van der Waals surface area contributed by atoms with E-state index in [1.807, 2.05) is 25.1 Å². The van der Waals surface area contributed by atoms with Crippen molar-refractivity contribution in [3.63, 3.8) is 0 Å². The molecule has 0 amide bonds. The smallest absolute Gasteiger partial charge is 0.0434 e. The van der Waals surface area contributed by atoms with Crippen molar-refractivity contribution in [2.24, 2.45) is 0 Å². The quantitative estimate of drug-likeness (QED) is 0.659. The topological polar surface area (TPSA) is 38.0 Å². The van der Waals surface area contributed by atoms with Crippen LogP contribution in [0.25, 0.3) is 10.1 Å². The van der Waals surface area contributed by atoms with Crippen molar-refractivity contribution in [2.75, 3.05) is 11.1 Å². The van der Waals surface area contributed by atoms with Crippen molar-refractivity contribution in [2.45, 2.75) is 6.92 Å². The maximum absolute atomic E-state index is 5.91. The van der Waals surface area contributed by atoms with Gasteiger partial charge >= 0.3 is 0 Å². The molecular formula is C15H14N2S. The molecule has 3 heteroatoms. The van der Waals surface area contributed by atoms with Gasteiger partial charge in [0.05, 0.1) is 0 Å². The first-order chi connectivity index (χ1) is 8.74. The van der Waals surface area contributed by atoms with E-state index in [1.54, 1.807) is 11.3 Å². The maximum atomic E-state index is 5.91. The van der Waals surface area contributed by atoms with Gasteiger partial charge in [0.1, 0.15) is 0 Å². The van der Waals surface area contributed by atoms with Gasteiger partial charge < -0.3 is 11.1 Å². The first-order valence-electron chi connectivity index (χ1n) is 5.83. The normalized spacial score (nSPS) is 10.7. The predicted molar refractivity (Wildman–Crippen MR) is 80.7 cm³/mol. The molecule has 3 aromatic rings. The van der Waals surface area contributed by atoms with Crippen LogP contribution in [0, 0.1) is 6.92 Å². The summed E-state index contributed by atoms with van der Waals surface area (Å²) in [4.78, 5) is 0. The molecule has 3 N–H and O–H groups in total. The van der Waals surface area contributed by atoms with Crippen molar-refractivity contribution in [3.8, 4) is 0 Å². The summed E-state index contributed by atoms with van der Waals surface area (Å²) in [6.07, 6.45) is 0. The summed E-state index contributed by atoms with van der Waals surface area (Å²) in [5.74, 6) is 0. The van der Waals surface area contributed by atoms with Gasteiger partial charge in [0, 0.05) is 21.8 Å². The van der Waals surface area contributed by atoms with Gasteiger partial charge in [-0.2, -0.15) is 0 Å². The highest BCUT2D eigenvalue weighted by atomic mass is 32.1.